The van der Waals surface area contributed by atoms with Gasteiger partial charge < -0.3 is 19.0 Å². The Kier molecular flexibility index (Phi) is 9.18. The molecule has 10 nitrogen and oxygen atoms in total. The Morgan fingerprint density at radius 3 is 2.61 bits per heavy atom. The second-order valence-corrected chi connectivity index (χ2v) is 11.9. The smallest absolute Gasteiger partial charge is 0.287 e. The number of rotatable bonds is 12. The number of benzene rings is 2. The van der Waals surface area contributed by atoms with Crippen LogP contribution in [0.15, 0.2) is 105 Å². The molecule has 1 N–H and O–H groups in total. The van der Waals surface area contributed by atoms with Crippen LogP contribution in [0.4, 0.5) is 0 Å². The highest BCUT2D eigenvalue weighted by atomic mass is 32.2. The van der Waals surface area contributed by atoms with E-state index in [-0.39, 0.29) is 35.9 Å². The van der Waals surface area contributed by atoms with Crippen molar-refractivity contribution in [1.82, 2.24) is 25.1 Å². The van der Waals surface area contributed by atoms with E-state index < -0.39 is 0 Å². The number of amides is 2. The van der Waals surface area contributed by atoms with Gasteiger partial charge in [0, 0.05) is 13.0 Å². The van der Waals surface area contributed by atoms with Crippen molar-refractivity contribution in [3.05, 3.63) is 118 Å². The van der Waals surface area contributed by atoms with Gasteiger partial charge in [-0.15, -0.1) is 21.5 Å². The van der Waals surface area contributed by atoms with Gasteiger partial charge in [0.25, 0.3) is 11.8 Å². The van der Waals surface area contributed by atoms with Gasteiger partial charge in [-0.05, 0) is 53.3 Å². The zero-order valence-electron chi connectivity index (χ0n) is 24.0. The molecule has 3 aromatic heterocycles. The number of aryl methyl sites for hydroxylation is 1. The molecule has 2 amide bonds. The van der Waals surface area contributed by atoms with Crippen LogP contribution >= 0.6 is 23.1 Å². The molecule has 1 atom stereocenters. The Morgan fingerprint density at radius 2 is 1.89 bits per heavy atom. The summed E-state index contributed by atoms with van der Waals surface area (Å²) in [6, 6.07) is 24.9. The molecule has 0 saturated carbocycles. The van der Waals surface area contributed by atoms with E-state index in [0.717, 1.165) is 33.9 Å². The molecule has 2 aromatic carbocycles. The minimum Gasteiger partial charge on any atom is -0.497 e. The van der Waals surface area contributed by atoms with Gasteiger partial charge in [-0.1, -0.05) is 60.3 Å². The highest BCUT2D eigenvalue weighted by Crippen LogP contribution is 2.35. The van der Waals surface area contributed by atoms with Gasteiger partial charge in [0.2, 0.25) is 0 Å². The molecule has 0 unspecified atom stereocenters. The molecule has 0 bridgehead atoms. The Labute approximate surface area is 262 Å². The van der Waals surface area contributed by atoms with Crippen molar-refractivity contribution in [2.75, 3.05) is 12.9 Å². The highest BCUT2D eigenvalue weighted by molar-refractivity contribution is 7.99. The highest BCUT2D eigenvalue weighted by Gasteiger charge is 2.33. The Bertz CT molecular complexity index is 1720. The summed E-state index contributed by atoms with van der Waals surface area (Å²) in [6.07, 6.45) is 2.81. The molecule has 1 aliphatic heterocycles. The van der Waals surface area contributed by atoms with Gasteiger partial charge in [-0.2, -0.15) is 5.10 Å². The average Bonchev–Trinajstić information content (AvgIpc) is 3.89. The first-order valence-corrected chi connectivity index (χ1v) is 15.9. The summed E-state index contributed by atoms with van der Waals surface area (Å²) >= 11 is 2.92. The van der Waals surface area contributed by atoms with Crippen LogP contribution in [0.5, 0.6) is 5.75 Å². The van der Waals surface area contributed by atoms with Crippen LogP contribution in [0.3, 0.4) is 0 Å². The normalized spacial score (nSPS) is 14.4. The quantitative estimate of drug-likeness (QED) is 0.180. The molecular weight excluding hydrogens is 597 g/mol. The van der Waals surface area contributed by atoms with Crippen LogP contribution in [-0.4, -0.2) is 50.2 Å². The third-order valence-electron chi connectivity index (χ3n) is 7.21. The van der Waals surface area contributed by atoms with Crippen molar-refractivity contribution in [1.29, 1.82) is 0 Å². The van der Waals surface area contributed by atoms with Crippen LogP contribution in [0.2, 0.25) is 0 Å². The maximum atomic E-state index is 13.7. The molecule has 0 spiro atoms. The third kappa shape index (κ3) is 6.76. The van der Waals surface area contributed by atoms with Crippen LogP contribution in [-0.2, 0) is 24.3 Å². The van der Waals surface area contributed by atoms with Crippen molar-refractivity contribution in [2.24, 2.45) is 5.10 Å². The summed E-state index contributed by atoms with van der Waals surface area (Å²) in [7, 11) is 1.63. The largest absolute Gasteiger partial charge is 0.497 e. The molecule has 0 saturated heterocycles. The van der Waals surface area contributed by atoms with Gasteiger partial charge in [0.1, 0.15) is 5.75 Å². The Morgan fingerprint density at radius 1 is 1.05 bits per heavy atom. The van der Waals surface area contributed by atoms with Crippen LogP contribution < -0.4 is 10.1 Å². The number of thiophene rings is 1. The van der Waals surface area contributed by atoms with E-state index in [1.165, 1.54) is 18.0 Å². The minimum atomic E-state index is -0.338. The SMILES string of the molecule is COc1ccc([C@@H]2CC(c3cccs3)=NN2C(=O)CSc2nnc(CNC(=O)c3ccco3)n2CCc2ccccc2)cc1. The molecule has 0 fully saturated rings. The summed E-state index contributed by atoms with van der Waals surface area (Å²) in [6.45, 7) is 0.744. The number of nitrogens with zero attached hydrogens (tertiary/aromatic N) is 5. The van der Waals surface area contributed by atoms with Crippen LogP contribution in [0.25, 0.3) is 0 Å². The molecule has 4 heterocycles. The molecule has 224 valence electrons. The molecule has 12 heteroatoms. The summed E-state index contributed by atoms with van der Waals surface area (Å²) in [4.78, 5) is 27.3. The molecule has 44 heavy (non-hydrogen) atoms. The maximum Gasteiger partial charge on any atom is 0.287 e. The predicted molar refractivity (Wildman–Crippen MR) is 169 cm³/mol. The lowest BCUT2D eigenvalue weighted by Gasteiger charge is -2.22. The molecule has 5 aromatic rings. The number of furan rings is 1. The van der Waals surface area contributed by atoms with E-state index >= 15 is 0 Å². The summed E-state index contributed by atoms with van der Waals surface area (Å²) < 4.78 is 12.5. The van der Waals surface area contributed by atoms with E-state index in [1.807, 2.05) is 64.5 Å². The van der Waals surface area contributed by atoms with Crippen molar-refractivity contribution < 1.29 is 18.7 Å². The van der Waals surface area contributed by atoms with Gasteiger partial charge in [0.15, 0.2) is 16.7 Å². The number of hydrazone groups is 1. The molecule has 1 aliphatic rings. The van der Waals surface area contributed by atoms with E-state index in [1.54, 1.807) is 35.6 Å². The summed E-state index contributed by atoms with van der Waals surface area (Å²) in [5.41, 5.74) is 3.04. The minimum absolute atomic E-state index is 0.121. The van der Waals surface area contributed by atoms with Crippen molar-refractivity contribution >= 4 is 40.6 Å². The van der Waals surface area contributed by atoms with Crippen molar-refractivity contribution in [3.63, 3.8) is 0 Å². The summed E-state index contributed by atoms with van der Waals surface area (Å²) in [5, 5.41) is 20.6. The lowest BCUT2D eigenvalue weighted by molar-refractivity contribution is -0.130. The topological polar surface area (TPSA) is 115 Å². The van der Waals surface area contributed by atoms with Gasteiger partial charge in [-0.3, -0.25) is 9.59 Å². The zero-order valence-corrected chi connectivity index (χ0v) is 25.6. The average molecular weight is 627 g/mol. The van der Waals surface area contributed by atoms with Gasteiger partial charge in [0.05, 0.1) is 42.3 Å². The van der Waals surface area contributed by atoms with Crippen LogP contribution in [0, 0.1) is 0 Å². The van der Waals surface area contributed by atoms with Gasteiger partial charge in [-0.25, -0.2) is 5.01 Å². The third-order valence-corrected chi connectivity index (χ3v) is 9.08. The van der Waals surface area contributed by atoms with E-state index in [9.17, 15) is 9.59 Å². The monoisotopic (exact) mass is 626 g/mol. The van der Waals surface area contributed by atoms with Crippen molar-refractivity contribution in [2.45, 2.75) is 37.1 Å². The standard InChI is InChI=1S/C32H30N6O4S2/c1-41-24-13-11-23(12-14-24)26-19-25(28-10-6-18-43-28)36-38(26)30(39)21-44-32-35-34-29(20-33-31(40)27-9-5-17-42-27)37(32)16-15-22-7-3-2-4-8-22/h2-14,17-18,26H,15-16,19-21H2,1H3,(H,33,40)/t26-/m0/s1. The van der Waals surface area contributed by atoms with Crippen molar-refractivity contribution in [3.8, 4) is 5.75 Å². The Balaban J connectivity index is 1.19. The number of hydrogen-bond donors (Lipinski definition) is 1. The fraction of sp³-hybridized carbons (Fsp3) is 0.219. The first kappa shape index (κ1) is 29.4. The fourth-order valence-corrected chi connectivity index (χ4v) is 6.49. The first-order chi connectivity index (χ1) is 21.6. The fourth-order valence-electron chi connectivity index (χ4n) is 4.93. The molecule has 6 rings (SSSR count). The Hall–Kier alpha value is -4.68. The second kappa shape index (κ2) is 13.7. The molecule has 0 radical (unpaired) electrons. The molecule has 0 aliphatic carbocycles. The molecular formula is C32H30N6O4S2. The van der Waals surface area contributed by atoms with E-state index in [4.69, 9.17) is 14.3 Å². The number of ether oxygens (including phenoxy) is 1. The predicted octanol–water partition coefficient (Wildman–Crippen LogP) is 5.58. The number of hydrogen-bond acceptors (Lipinski definition) is 9. The number of thioether (sulfide) groups is 1. The first-order valence-electron chi connectivity index (χ1n) is 14.1. The number of aromatic nitrogens is 3. The summed E-state index contributed by atoms with van der Waals surface area (Å²) in [5.74, 6) is 1.22. The second-order valence-electron chi connectivity index (χ2n) is 9.99. The van der Waals surface area contributed by atoms with E-state index in [0.29, 0.717) is 23.9 Å². The number of carbonyl (C=O) groups excluding carboxylic acids is 2. The zero-order chi connectivity index (χ0) is 30.3. The number of nitrogens with one attached hydrogen (secondary N) is 1. The number of methoxy groups -OCH3 is 1. The maximum absolute atomic E-state index is 13.7. The lowest BCUT2D eigenvalue weighted by atomic mass is 10.0. The van der Waals surface area contributed by atoms with Crippen LogP contribution in [0.1, 0.15) is 44.8 Å². The lowest BCUT2D eigenvalue weighted by Crippen LogP contribution is -2.28. The van der Waals surface area contributed by atoms with E-state index in [2.05, 4.69) is 27.6 Å². The van der Waals surface area contributed by atoms with Gasteiger partial charge >= 0.3 is 0 Å². The number of carbonyl (C=O) groups is 2.